The van der Waals surface area contributed by atoms with Crippen molar-refractivity contribution in [2.45, 2.75) is 33.2 Å². The summed E-state index contributed by atoms with van der Waals surface area (Å²) in [6.07, 6.45) is 0. The third-order valence-electron chi connectivity index (χ3n) is 2.14. The van der Waals surface area contributed by atoms with E-state index in [0.29, 0.717) is 0 Å². The minimum atomic E-state index is -1.59. The topological polar surface area (TPSA) is 109 Å². The molecule has 86 valence electrons. The number of carboxylic acids is 1. The molecule has 0 rings (SSSR count). The summed E-state index contributed by atoms with van der Waals surface area (Å²) in [6.45, 7) is 5.32. The van der Waals surface area contributed by atoms with Crippen LogP contribution in [0, 0.1) is 5.41 Å². The molecule has 0 fully saturated rings. The van der Waals surface area contributed by atoms with Crippen molar-refractivity contribution >= 4 is 17.8 Å². The number of amides is 2. The normalized spacial score (nSPS) is 12.0. The Kier molecular flexibility index (Phi) is 3.47. The van der Waals surface area contributed by atoms with Crippen molar-refractivity contribution in [2.24, 2.45) is 11.1 Å². The second kappa shape index (κ2) is 3.88. The van der Waals surface area contributed by atoms with Crippen molar-refractivity contribution in [3.8, 4) is 0 Å². The number of aliphatic carboxylic acids is 1. The molecule has 0 saturated carbocycles. The van der Waals surface area contributed by atoms with Gasteiger partial charge in [0.05, 0.1) is 0 Å². The molecule has 0 aliphatic rings. The Morgan fingerprint density at radius 3 is 1.80 bits per heavy atom. The quantitative estimate of drug-likeness (QED) is 0.549. The summed E-state index contributed by atoms with van der Waals surface area (Å²) in [5.74, 6) is -2.74. The van der Waals surface area contributed by atoms with Crippen LogP contribution in [0.1, 0.15) is 27.7 Å². The molecule has 0 spiro atoms. The lowest BCUT2D eigenvalue weighted by Gasteiger charge is -2.27. The molecular weight excluding hydrogens is 200 g/mol. The Bertz CT molecular complexity index is 307. The molecule has 0 saturated heterocycles. The zero-order valence-electron chi connectivity index (χ0n) is 9.25. The summed E-state index contributed by atoms with van der Waals surface area (Å²) in [5, 5.41) is 11.1. The van der Waals surface area contributed by atoms with Crippen LogP contribution < -0.4 is 11.1 Å². The van der Waals surface area contributed by atoms with E-state index in [9.17, 15) is 14.4 Å². The molecule has 0 bridgehead atoms. The van der Waals surface area contributed by atoms with E-state index in [-0.39, 0.29) is 0 Å². The maximum absolute atomic E-state index is 11.5. The number of hydrogen-bond donors (Lipinski definition) is 3. The minimum Gasteiger partial charge on any atom is -0.480 e. The molecule has 6 heteroatoms. The minimum absolute atomic E-state index is 0.725. The summed E-state index contributed by atoms with van der Waals surface area (Å²) in [5.41, 5.74) is 2.19. The maximum Gasteiger partial charge on any atom is 0.318 e. The maximum atomic E-state index is 11.5. The van der Waals surface area contributed by atoms with Crippen molar-refractivity contribution in [1.82, 2.24) is 5.32 Å². The molecule has 0 radical (unpaired) electrons. The fourth-order valence-electron chi connectivity index (χ4n) is 0.599. The van der Waals surface area contributed by atoms with Crippen molar-refractivity contribution in [3.63, 3.8) is 0 Å². The van der Waals surface area contributed by atoms with Gasteiger partial charge in [-0.05, 0) is 27.7 Å². The lowest BCUT2D eigenvalue weighted by Crippen LogP contribution is -2.57. The number of rotatable bonds is 4. The Hall–Kier alpha value is -1.59. The van der Waals surface area contributed by atoms with Crippen LogP contribution in [-0.2, 0) is 14.4 Å². The number of hydrogen-bond acceptors (Lipinski definition) is 3. The molecule has 4 N–H and O–H groups in total. The number of nitrogens with two attached hydrogens (primary N) is 1. The van der Waals surface area contributed by atoms with E-state index in [1.54, 1.807) is 0 Å². The predicted molar refractivity (Wildman–Crippen MR) is 52.8 cm³/mol. The van der Waals surface area contributed by atoms with E-state index in [1.807, 2.05) is 0 Å². The molecule has 2 amide bonds. The summed E-state index contributed by atoms with van der Waals surface area (Å²) >= 11 is 0. The highest BCUT2D eigenvalue weighted by atomic mass is 16.4. The van der Waals surface area contributed by atoms with Gasteiger partial charge in [-0.3, -0.25) is 14.4 Å². The van der Waals surface area contributed by atoms with Gasteiger partial charge in [0.2, 0.25) is 11.8 Å². The average molecular weight is 216 g/mol. The first-order chi connectivity index (χ1) is 6.51. The summed E-state index contributed by atoms with van der Waals surface area (Å²) in [6, 6.07) is 0. The Labute approximate surface area is 87.8 Å². The number of carbonyl (C=O) groups is 3. The van der Waals surface area contributed by atoms with Crippen LogP contribution in [0.2, 0.25) is 0 Å². The molecule has 0 heterocycles. The Morgan fingerprint density at radius 2 is 1.53 bits per heavy atom. The van der Waals surface area contributed by atoms with Gasteiger partial charge in [0.1, 0.15) is 11.0 Å². The van der Waals surface area contributed by atoms with Gasteiger partial charge in [0, 0.05) is 0 Å². The highest BCUT2D eigenvalue weighted by Crippen LogP contribution is 2.17. The largest absolute Gasteiger partial charge is 0.480 e. The van der Waals surface area contributed by atoms with Crippen molar-refractivity contribution in [1.29, 1.82) is 0 Å². The monoisotopic (exact) mass is 216 g/mol. The predicted octanol–water partition coefficient (Wildman–Crippen LogP) is -0.523. The van der Waals surface area contributed by atoms with E-state index < -0.39 is 28.7 Å². The number of nitrogens with one attached hydrogen (secondary N) is 1. The second-order valence-corrected chi connectivity index (χ2v) is 4.37. The van der Waals surface area contributed by atoms with Crippen molar-refractivity contribution in [2.75, 3.05) is 0 Å². The van der Waals surface area contributed by atoms with Gasteiger partial charge in [0.15, 0.2) is 0 Å². The molecule has 0 unspecified atom stereocenters. The third-order valence-corrected chi connectivity index (χ3v) is 2.14. The molecule has 0 aromatic rings. The summed E-state index contributed by atoms with van der Waals surface area (Å²) in [7, 11) is 0. The highest BCUT2D eigenvalue weighted by molar-refractivity contribution is 6.03. The lowest BCUT2D eigenvalue weighted by molar-refractivity contribution is -0.154. The van der Waals surface area contributed by atoms with Gasteiger partial charge in [-0.1, -0.05) is 0 Å². The fourth-order valence-corrected chi connectivity index (χ4v) is 0.599. The smallest absolute Gasteiger partial charge is 0.318 e. The van der Waals surface area contributed by atoms with E-state index in [0.717, 1.165) is 0 Å². The van der Waals surface area contributed by atoms with E-state index in [4.69, 9.17) is 10.8 Å². The Morgan fingerprint density at radius 1 is 1.13 bits per heavy atom. The van der Waals surface area contributed by atoms with Crippen LogP contribution in [0.25, 0.3) is 0 Å². The van der Waals surface area contributed by atoms with Gasteiger partial charge in [-0.25, -0.2) is 0 Å². The first-order valence-electron chi connectivity index (χ1n) is 4.37. The van der Waals surface area contributed by atoms with Crippen LogP contribution in [-0.4, -0.2) is 28.4 Å². The van der Waals surface area contributed by atoms with E-state index in [2.05, 4.69) is 5.32 Å². The van der Waals surface area contributed by atoms with Crippen LogP contribution in [0.3, 0.4) is 0 Å². The number of carboxylic acid groups (broad SMARTS) is 1. The fraction of sp³-hybridized carbons (Fsp3) is 0.667. The first-order valence-corrected chi connectivity index (χ1v) is 4.37. The van der Waals surface area contributed by atoms with E-state index >= 15 is 0 Å². The van der Waals surface area contributed by atoms with Gasteiger partial charge in [-0.15, -0.1) is 0 Å². The van der Waals surface area contributed by atoms with Crippen LogP contribution >= 0.6 is 0 Å². The van der Waals surface area contributed by atoms with Crippen LogP contribution in [0.5, 0.6) is 0 Å². The standard InChI is InChI=1S/C9H16N2O4/c1-8(2,7(14)15)6(13)11-9(3,4)5(10)12/h1-4H3,(H2,10,12)(H,11,13)(H,14,15). The molecule has 0 atom stereocenters. The summed E-state index contributed by atoms with van der Waals surface area (Å²) in [4.78, 5) is 33.2. The van der Waals surface area contributed by atoms with Gasteiger partial charge >= 0.3 is 5.97 Å². The van der Waals surface area contributed by atoms with Gasteiger partial charge in [-0.2, -0.15) is 0 Å². The average Bonchev–Trinajstić information content (AvgIpc) is 2.02. The third kappa shape index (κ3) is 2.93. The molecule has 0 aliphatic carbocycles. The molecular formula is C9H16N2O4. The van der Waals surface area contributed by atoms with Gasteiger partial charge < -0.3 is 16.2 Å². The van der Waals surface area contributed by atoms with Crippen LogP contribution in [0.15, 0.2) is 0 Å². The number of primary amides is 1. The van der Waals surface area contributed by atoms with Crippen molar-refractivity contribution < 1.29 is 19.5 Å². The van der Waals surface area contributed by atoms with Crippen molar-refractivity contribution in [3.05, 3.63) is 0 Å². The first kappa shape index (κ1) is 13.4. The highest BCUT2D eigenvalue weighted by Gasteiger charge is 2.39. The molecule has 0 aromatic carbocycles. The molecule has 6 nitrogen and oxygen atoms in total. The SMILES string of the molecule is CC(C)(NC(=O)C(C)(C)C(=O)O)C(N)=O. The molecule has 0 aromatic heterocycles. The molecule has 15 heavy (non-hydrogen) atoms. The summed E-state index contributed by atoms with van der Waals surface area (Å²) < 4.78 is 0. The Balaban J connectivity index is 4.79. The lowest BCUT2D eigenvalue weighted by atomic mass is 9.91. The zero-order valence-corrected chi connectivity index (χ0v) is 9.25. The second-order valence-electron chi connectivity index (χ2n) is 4.37. The van der Waals surface area contributed by atoms with Gasteiger partial charge in [0.25, 0.3) is 0 Å². The zero-order chi connectivity index (χ0) is 12.4. The number of carbonyl (C=O) groups excluding carboxylic acids is 2. The van der Waals surface area contributed by atoms with E-state index in [1.165, 1.54) is 27.7 Å². The molecule has 0 aliphatic heterocycles. The van der Waals surface area contributed by atoms with Crippen LogP contribution in [0.4, 0.5) is 0 Å².